The second kappa shape index (κ2) is 4.79. The number of hydrogen-bond acceptors (Lipinski definition) is 5. The molecule has 0 aromatic carbocycles. The van der Waals surface area contributed by atoms with Gasteiger partial charge in [0, 0.05) is 25.4 Å². The maximum atomic E-state index is 11.2. The summed E-state index contributed by atoms with van der Waals surface area (Å²) in [5, 5.41) is 11.1. The van der Waals surface area contributed by atoms with E-state index in [1.165, 1.54) is 6.26 Å². The minimum atomic E-state index is -2.90. The molecule has 2 N–H and O–H groups in total. The first-order valence-electron chi connectivity index (χ1n) is 6.16. The lowest BCUT2D eigenvalue weighted by Crippen LogP contribution is -2.35. The Morgan fingerprint density at radius 2 is 2.22 bits per heavy atom. The van der Waals surface area contributed by atoms with Gasteiger partial charge in [0.05, 0.1) is 11.4 Å². The number of rotatable bonds is 4. The van der Waals surface area contributed by atoms with Crippen LogP contribution in [-0.4, -0.2) is 42.8 Å². The van der Waals surface area contributed by atoms with Crippen LogP contribution >= 0.6 is 0 Å². The van der Waals surface area contributed by atoms with Crippen molar-refractivity contribution >= 4 is 21.3 Å². The van der Waals surface area contributed by atoms with Crippen molar-refractivity contribution in [3.05, 3.63) is 5.69 Å². The third-order valence-electron chi connectivity index (χ3n) is 3.13. The van der Waals surface area contributed by atoms with Gasteiger partial charge in [-0.1, -0.05) is 0 Å². The largest absolute Gasteiger partial charge is 0.378 e. The predicted molar refractivity (Wildman–Crippen MR) is 72.9 cm³/mol. The average Bonchev–Trinajstić information content (AvgIpc) is 2.62. The fourth-order valence-electron chi connectivity index (χ4n) is 2.17. The highest BCUT2D eigenvalue weighted by Gasteiger charge is 2.23. The van der Waals surface area contributed by atoms with Gasteiger partial charge in [0.25, 0.3) is 0 Å². The predicted octanol–water partition coefficient (Wildman–Crippen LogP) is 0.852. The number of fused-ring (bicyclic) bond motifs is 1. The molecule has 0 saturated heterocycles. The average molecular weight is 272 g/mol. The summed E-state index contributed by atoms with van der Waals surface area (Å²) in [4.78, 5) is 0. The van der Waals surface area contributed by atoms with E-state index in [0.29, 0.717) is 6.42 Å². The topological polar surface area (TPSA) is 76.0 Å². The van der Waals surface area contributed by atoms with Crippen LogP contribution in [0.15, 0.2) is 0 Å². The van der Waals surface area contributed by atoms with E-state index in [0.717, 1.165) is 30.3 Å². The fraction of sp³-hybridized carbons (Fsp3) is 0.727. The summed E-state index contributed by atoms with van der Waals surface area (Å²) in [6.45, 7) is 5.54. The van der Waals surface area contributed by atoms with Crippen molar-refractivity contribution in [1.29, 1.82) is 0 Å². The van der Waals surface area contributed by atoms with Crippen LogP contribution in [0.1, 0.15) is 19.0 Å². The number of anilines is 2. The fourth-order valence-corrected chi connectivity index (χ4v) is 2.88. The third-order valence-corrected chi connectivity index (χ3v) is 4.11. The van der Waals surface area contributed by atoms with Crippen LogP contribution in [0, 0.1) is 6.92 Å². The normalized spacial score (nSPS) is 18.9. The summed E-state index contributed by atoms with van der Waals surface area (Å²) in [7, 11) is -2.90. The van der Waals surface area contributed by atoms with Crippen molar-refractivity contribution in [2.24, 2.45) is 0 Å². The quantitative estimate of drug-likeness (QED) is 0.850. The van der Waals surface area contributed by atoms with E-state index in [1.807, 2.05) is 18.5 Å². The molecule has 2 heterocycles. The maximum absolute atomic E-state index is 11.2. The van der Waals surface area contributed by atoms with Crippen LogP contribution in [-0.2, 0) is 16.4 Å². The first-order valence-corrected chi connectivity index (χ1v) is 8.22. The first kappa shape index (κ1) is 13.2. The Hall–Kier alpha value is -1.24. The summed E-state index contributed by atoms with van der Waals surface area (Å²) in [6.07, 6.45) is 1.88. The SMILES string of the molecule is CCn1nc(C)c2c1NC(CCS(C)(=O)=O)CN2. The molecule has 0 fully saturated rings. The van der Waals surface area contributed by atoms with Crippen LogP contribution in [0.25, 0.3) is 0 Å². The van der Waals surface area contributed by atoms with Crippen molar-refractivity contribution in [2.45, 2.75) is 32.9 Å². The molecule has 0 spiro atoms. The molecule has 0 radical (unpaired) electrons. The van der Waals surface area contributed by atoms with Gasteiger partial charge in [-0.15, -0.1) is 0 Å². The lowest BCUT2D eigenvalue weighted by molar-refractivity contribution is 0.591. The Balaban J connectivity index is 2.09. The van der Waals surface area contributed by atoms with E-state index < -0.39 is 9.84 Å². The molecule has 1 aliphatic heterocycles. The molecule has 1 aromatic heterocycles. The van der Waals surface area contributed by atoms with Gasteiger partial charge in [0.15, 0.2) is 0 Å². The van der Waals surface area contributed by atoms with Crippen molar-refractivity contribution in [2.75, 3.05) is 29.2 Å². The van der Waals surface area contributed by atoms with Crippen LogP contribution < -0.4 is 10.6 Å². The molecule has 0 bridgehead atoms. The van der Waals surface area contributed by atoms with Gasteiger partial charge in [-0.25, -0.2) is 13.1 Å². The zero-order valence-electron chi connectivity index (χ0n) is 11.0. The van der Waals surface area contributed by atoms with E-state index >= 15 is 0 Å². The van der Waals surface area contributed by atoms with Crippen molar-refractivity contribution in [3.8, 4) is 0 Å². The van der Waals surface area contributed by atoms with E-state index in [9.17, 15) is 8.42 Å². The molecule has 1 aromatic rings. The van der Waals surface area contributed by atoms with Crippen molar-refractivity contribution < 1.29 is 8.42 Å². The number of nitrogens with one attached hydrogen (secondary N) is 2. The highest BCUT2D eigenvalue weighted by molar-refractivity contribution is 7.90. The number of aryl methyl sites for hydroxylation is 2. The molecule has 0 aliphatic carbocycles. The molecule has 7 heteroatoms. The molecule has 6 nitrogen and oxygen atoms in total. The van der Waals surface area contributed by atoms with Crippen LogP contribution in [0.2, 0.25) is 0 Å². The van der Waals surface area contributed by atoms with E-state index in [1.54, 1.807) is 0 Å². The smallest absolute Gasteiger partial charge is 0.148 e. The molecule has 18 heavy (non-hydrogen) atoms. The first-order chi connectivity index (χ1) is 8.40. The monoisotopic (exact) mass is 272 g/mol. The second-order valence-corrected chi connectivity index (χ2v) is 7.03. The summed E-state index contributed by atoms with van der Waals surface area (Å²) in [6, 6.07) is 0.133. The summed E-state index contributed by atoms with van der Waals surface area (Å²) < 4.78 is 24.3. The third kappa shape index (κ3) is 2.77. The molecule has 1 aliphatic rings. The Bertz CT molecular complexity index is 535. The van der Waals surface area contributed by atoms with Gasteiger partial charge in [-0.2, -0.15) is 5.10 Å². The maximum Gasteiger partial charge on any atom is 0.148 e. The zero-order chi connectivity index (χ0) is 13.3. The van der Waals surface area contributed by atoms with Crippen molar-refractivity contribution in [3.63, 3.8) is 0 Å². The Labute approximate surface area is 108 Å². The summed E-state index contributed by atoms with van der Waals surface area (Å²) in [5.41, 5.74) is 2.01. The molecule has 1 atom stereocenters. The minimum absolute atomic E-state index is 0.133. The van der Waals surface area contributed by atoms with Crippen LogP contribution in [0.3, 0.4) is 0 Å². The minimum Gasteiger partial charge on any atom is -0.378 e. The molecular formula is C11H20N4O2S. The van der Waals surface area contributed by atoms with E-state index in [-0.39, 0.29) is 11.8 Å². The van der Waals surface area contributed by atoms with Crippen LogP contribution in [0.4, 0.5) is 11.5 Å². The van der Waals surface area contributed by atoms with Gasteiger partial charge < -0.3 is 10.6 Å². The lowest BCUT2D eigenvalue weighted by Gasteiger charge is -2.27. The van der Waals surface area contributed by atoms with Gasteiger partial charge in [-0.05, 0) is 20.3 Å². The summed E-state index contributed by atoms with van der Waals surface area (Å²) >= 11 is 0. The Morgan fingerprint density at radius 1 is 1.50 bits per heavy atom. The summed E-state index contributed by atoms with van der Waals surface area (Å²) in [5.74, 6) is 1.18. The van der Waals surface area contributed by atoms with E-state index in [2.05, 4.69) is 15.7 Å². The molecule has 0 saturated carbocycles. The molecule has 0 amide bonds. The number of hydrogen-bond donors (Lipinski definition) is 2. The van der Waals surface area contributed by atoms with Gasteiger partial charge in [-0.3, -0.25) is 0 Å². The number of nitrogens with zero attached hydrogens (tertiary/aromatic N) is 2. The molecule has 1 unspecified atom stereocenters. The zero-order valence-corrected chi connectivity index (χ0v) is 11.8. The van der Waals surface area contributed by atoms with Crippen LogP contribution in [0.5, 0.6) is 0 Å². The lowest BCUT2D eigenvalue weighted by atomic mass is 10.1. The number of aromatic nitrogens is 2. The van der Waals surface area contributed by atoms with Gasteiger partial charge >= 0.3 is 0 Å². The second-order valence-electron chi connectivity index (χ2n) is 4.77. The van der Waals surface area contributed by atoms with Crippen molar-refractivity contribution in [1.82, 2.24) is 9.78 Å². The van der Waals surface area contributed by atoms with E-state index in [4.69, 9.17) is 0 Å². The van der Waals surface area contributed by atoms with Gasteiger partial charge in [0.2, 0.25) is 0 Å². The molecular weight excluding hydrogens is 252 g/mol. The van der Waals surface area contributed by atoms with Gasteiger partial charge in [0.1, 0.15) is 21.3 Å². The Morgan fingerprint density at radius 3 is 2.83 bits per heavy atom. The highest BCUT2D eigenvalue weighted by atomic mass is 32.2. The molecule has 2 rings (SSSR count). The highest BCUT2D eigenvalue weighted by Crippen LogP contribution is 2.30. The standard InChI is InChI=1S/C11H20N4O2S/c1-4-15-11-10(8(2)14-15)12-7-9(13-11)5-6-18(3,16)17/h9,12-13H,4-7H2,1-3H3. The number of sulfone groups is 1. The molecule has 102 valence electrons. The Kier molecular flexibility index (Phi) is 3.52.